The molecular formula is C14H26N4. The van der Waals surface area contributed by atoms with Crippen LogP contribution in [0, 0.1) is 0 Å². The Labute approximate surface area is 110 Å². The smallest absolute Gasteiger partial charge is 0.0538 e. The van der Waals surface area contributed by atoms with Gasteiger partial charge in [-0.2, -0.15) is 5.10 Å². The summed E-state index contributed by atoms with van der Waals surface area (Å²) in [5, 5.41) is 4.45. The van der Waals surface area contributed by atoms with Crippen molar-refractivity contribution in [1.29, 1.82) is 0 Å². The van der Waals surface area contributed by atoms with Crippen molar-refractivity contribution in [2.45, 2.75) is 64.7 Å². The lowest BCUT2D eigenvalue weighted by Crippen LogP contribution is -2.43. The summed E-state index contributed by atoms with van der Waals surface area (Å²) >= 11 is 0. The Morgan fingerprint density at radius 3 is 2.56 bits per heavy atom. The van der Waals surface area contributed by atoms with Crippen LogP contribution in [0.15, 0.2) is 12.4 Å². The Bertz CT molecular complexity index is 402. The van der Waals surface area contributed by atoms with Crippen LogP contribution in [-0.4, -0.2) is 32.8 Å². The van der Waals surface area contributed by atoms with E-state index in [1.807, 2.05) is 10.9 Å². The lowest BCUT2D eigenvalue weighted by Gasteiger charge is -2.37. The summed E-state index contributed by atoms with van der Waals surface area (Å²) in [6.07, 6.45) is 5.20. The molecule has 1 aliphatic heterocycles. The molecule has 1 fully saturated rings. The van der Waals surface area contributed by atoms with Crippen molar-refractivity contribution in [1.82, 2.24) is 14.7 Å². The summed E-state index contributed by atoms with van der Waals surface area (Å²) in [6, 6.07) is 0.922. The zero-order valence-corrected chi connectivity index (χ0v) is 12.2. The van der Waals surface area contributed by atoms with Gasteiger partial charge in [-0.15, -0.1) is 0 Å². The van der Waals surface area contributed by atoms with E-state index in [0.717, 1.165) is 13.0 Å². The minimum atomic E-state index is 0.152. The van der Waals surface area contributed by atoms with Gasteiger partial charge in [0.2, 0.25) is 0 Å². The molecule has 0 amide bonds. The molecule has 4 nitrogen and oxygen atoms in total. The highest BCUT2D eigenvalue weighted by Gasteiger charge is 2.39. The van der Waals surface area contributed by atoms with Crippen LogP contribution in [0.5, 0.6) is 0 Å². The van der Waals surface area contributed by atoms with Gasteiger partial charge in [-0.05, 0) is 41.0 Å². The number of likely N-dealkylation sites (tertiary alicyclic amines) is 1. The Morgan fingerprint density at radius 2 is 2.06 bits per heavy atom. The van der Waals surface area contributed by atoms with Gasteiger partial charge < -0.3 is 5.73 Å². The van der Waals surface area contributed by atoms with Crippen LogP contribution < -0.4 is 5.73 Å². The molecule has 2 heterocycles. The molecule has 4 heteroatoms. The van der Waals surface area contributed by atoms with Crippen molar-refractivity contribution < 1.29 is 0 Å². The number of aromatic nitrogens is 2. The first-order valence-electron chi connectivity index (χ1n) is 6.87. The van der Waals surface area contributed by atoms with E-state index in [0.29, 0.717) is 12.1 Å². The van der Waals surface area contributed by atoms with Crippen LogP contribution in [0.4, 0.5) is 0 Å². The summed E-state index contributed by atoms with van der Waals surface area (Å²) in [7, 11) is 0. The maximum Gasteiger partial charge on any atom is 0.0538 e. The second kappa shape index (κ2) is 4.67. The molecule has 2 atom stereocenters. The van der Waals surface area contributed by atoms with Crippen molar-refractivity contribution in [3.05, 3.63) is 18.0 Å². The van der Waals surface area contributed by atoms with E-state index in [2.05, 4.69) is 50.8 Å². The Kier molecular flexibility index (Phi) is 3.52. The van der Waals surface area contributed by atoms with Crippen LogP contribution in [-0.2, 0) is 0 Å². The van der Waals surface area contributed by atoms with Gasteiger partial charge in [0, 0.05) is 35.9 Å². The van der Waals surface area contributed by atoms with Crippen LogP contribution in [0.25, 0.3) is 0 Å². The molecule has 0 radical (unpaired) electrons. The first-order chi connectivity index (χ1) is 8.30. The lowest BCUT2D eigenvalue weighted by molar-refractivity contribution is 0.117. The van der Waals surface area contributed by atoms with E-state index in [1.165, 1.54) is 5.56 Å². The van der Waals surface area contributed by atoms with Gasteiger partial charge in [0.1, 0.15) is 0 Å². The molecule has 0 aromatic carbocycles. The third-order valence-corrected chi connectivity index (χ3v) is 3.80. The molecule has 2 N–H and O–H groups in total. The first-order valence-corrected chi connectivity index (χ1v) is 6.87. The van der Waals surface area contributed by atoms with E-state index in [1.54, 1.807) is 0 Å². The van der Waals surface area contributed by atoms with Crippen molar-refractivity contribution in [3.8, 4) is 0 Å². The second-order valence-corrected chi connectivity index (χ2v) is 6.61. The molecule has 2 unspecified atom stereocenters. The summed E-state index contributed by atoms with van der Waals surface area (Å²) < 4.78 is 2.02. The number of hydrogen-bond acceptors (Lipinski definition) is 3. The predicted molar refractivity (Wildman–Crippen MR) is 74.4 cm³/mol. The largest absolute Gasteiger partial charge is 0.326 e. The zero-order chi connectivity index (χ0) is 13.5. The van der Waals surface area contributed by atoms with Gasteiger partial charge in [0.05, 0.1) is 12.2 Å². The molecule has 18 heavy (non-hydrogen) atoms. The summed E-state index contributed by atoms with van der Waals surface area (Å²) in [4.78, 5) is 2.50. The molecular weight excluding hydrogens is 224 g/mol. The minimum absolute atomic E-state index is 0.152. The van der Waals surface area contributed by atoms with Crippen molar-refractivity contribution in [2.24, 2.45) is 5.73 Å². The standard InChI is InChI=1S/C14H26N4/c1-10(2)18-9-11(8-16-18)13-12(15)6-7-17(13)14(3,4)5/h8-10,12-13H,6-7,15H2,1-5H3. The van der Waals surface area contributed by atoms with Gasteiger partial charge in [0.25, 0.3) is 0 Å². The Balaban J connectivity index is 2.28. The summed E-state index contributed by atoms with van der Waals surface area (Å²) in [5.74, 6) is 0. The molecule has 2 rings (SSSR count). The molecule has 1 saturated heterocycles. The fraction of sp³-hybridized carbons (Fsp3) is 0.786. The molecule has 0 aliphatic carbocycles. The molecule has 1 aliphatic rings. The van der Waals surface area contributed by atoms with Gasteiger partial charge in [0.15, 0.2) is 0 Å². The fourth-order valence-electron chi connectivity index (χ4n) is 2.78. The highest BCUT2D eigenvalue weighted by molar-refractivity contribution is 5.17. The van der Waals surface area contributed by atoms with Gasteiger partial charge in [-0.25, -0.2) is 0 Å². The van der Waals surface area contributed by atoms with Crippen molar-refractivity contribution in [2.75, 3.05) is 6.54 Å². The van der Waals surface area contributed by atoms with E-state index >= 15 is 0 Å². The molecule has 1 aromatic heterocycles. The van der Waals surface area contributed by atoms with Crippen molar-refractivity contribution >= 4 is 0 Å². The average molecular weight is 250 g/mol. The summed E-state index contributed by atoms with van der Waals surface area (Å²) in [5.41, 5.74) is 7.71. The predicted octanol–water partition coefficient (Wildman–Crippen LogP) is 2.34. The quantitative estimate of drug-likeness (QED) is 0.876. The molecule has 1 aromatic rings. The fourth-order valence-corrected chi connectivity index (χ4v) is 2.78. The maximum absolute atomic E-state index is 6.30. The second-order valence-electron chi connectivity index (χ2n) is 6.61. The third kappa shape index (κ3) is 2.45. The first kappa shape index (κ1) is 13.6. The number of nitrogens with zero attached hydrogens (tertiary/aromatic N) is 3. The van der Waals surface area contributed by atoms with Crippen LogP contribution >= 0.6 is 0 Å². The van der Waals surface area contributed by atoms with Crippen LogP contribution in [0.3, 0.4) is 0 Å². The van der Waals surface area contributed by atoms with E-state index in [9.17, 15) is 0 Å². The normalized spacial score (nSPS) is 26.2. The minimum Gasteiger partial charge on any atom is -0.326 e. The van der Waals surface area contributed by atoms with Crippen LogP contribution in [0.1, 0.15) is 58.7 Å². The highest BCUT2D eigenvalue weighted by Crippen LogP contribution is 2.36. The molecule has 0 bridgehead atoms. The SMILES string of the molecule is CC(C)n1cc(C2C(N)CCN2C(C)(C)C)cn1. The number of rotatable bonds is 2. The zero-order valence-electron chi connectivity index (χ0n) is 12.2. The number of hydrogen-bond donors (Lipinski definition) is 1. The van der Waals surface area contributed by atoms with E-state index in [4.69, 9.17) is 5.73 Å². The monoisotopic (exact) mass is 250 g/mol. The highest BCUT2D eigenvalue weighted by atomic mass is 15.3. The van der Waals surface area contributed by atoms with Crippen molar-refractivity contribution in [3.63, 3.8) is 0 Å². The lowest BCUT2D eigenvalue weighted by atomic mass is 9.99. The Hall–Kier alpha value is -0.870. The van der Waals surface area contributed by atoms with E-state index in [-0.39, 0.29) is 11.6 Å². The maximum atomic E-state index is 6.30. The topological polar surface area (TPSA) is 47.1 Å². The van der Waals surface area contributed by atoms with Crippen LogP contribution in [0.2, 0.25) is 0 Å². The van der Waals surface area contributed by atoms with E-state index < -0.39 is 0 Å². The summed E-state index contributed by atoms with van der Waals surface area (Å²) in [6.45, 7) is 12.1. The molecule has 0 spiro atoms. The molecule has 0 saturated carbocycles. The number of nitrogens with two attached hydrogens (primary N) is 1. The Morgan fingerprint density at radius 1 is 1.39 bits per heavy atom. The van der Waals surface area contributed by atoms with Gasteiger partial charge >= 0.3 is 0 Å². The average Bonchev–Trinajstić information content (AvgIpc) is 2.81. The van der Waals surface area contributed by atoms with Gasteiger partial charge in [-0.1, -0.05) is 0 Å². The molecule has 102 valence electrons. The van der Waals surface area contributed by atoms with Gasteiger partial charge in [-0.3, -0.25) is 9.58 Å². The third-order valence-electron chi connectivity index (χ3n) is 3.80.